The molecule has 152 valence electrons. The first kappa shape index (κ1) is 18.4. The number of esters is 1. The van der Waals surface area contributed by atoms with Gasteiger partial charge in [-0.3, -0.25) is 19.5 Å². The van der Waals surface area contributed by atoms with Gasteiger partial charge >= 0.3 is 11.7 Å². The summed E-state index contributed by atoms with van der Waals surface area (Å²) < 4.78 is 5.82. The minimum absolute atomic E-state index is 0.0604. The van der Waals surface area contributed by atoms with Gasteiger partial charge in [0.25, 0.3) is 5.56 Å². The minimum Gasteiger partial charge on any atom is -0.458 e. The van der Waals surface area contributed by atoms with Crippen molar-refractivity contribution in [2.24, 2.45) is 0 Å². The van der Waals surface area contributed by atoms with Crippen molar-refractivity contribution < 1.29 is 24.7 Å². The second kappa shape index (κ2) is 5.94. The average Bonchev–Trinajstić information content (AvgIpc) is 3.01. The lowest BCUT2D eigenvalue weighted by Crippen LogP contribution is -2.45. The number of fused-ring (bicyclic) bond motifs is 5. The number of benzene rings is 1. The van der Waals surface area contributed by atoms with Gasteiger partial charge in [0, 0.05) is 10.9 Å². The van der Waals surface area contributed by atoms with Crippen LogP contribution in [-0.4, -0.2) is 30.7 Å². The number of hydrogen-bond donors (Lipinski definition) is 2. The monoisotopic (exact) mass is 409 g/mol. The van der Waals surface area contributed by atoms with Crippen LogP contribution in [0.1, 0.15) is 36.3 Å². The van der Waals surface area contributed by atoms with Gasteiger partial charge in [-0.25, -0.2) is 9.78 Å². The molecule has 10 nitrogen and oxygen atoms in total. The van der Waals surface area contributed by atoms with Gasteiger partial charge in [0.1, 0.15) is 12.3 Å². The first-order valence-corrected chi connectivity index (χ1v) is 9.23. The second-order valence-electron chi connectivity index (χ2n) is 7.27. The first-order valence-electron chi connectivity index (χ1n) is 9.23. The summed E-state index contributed by atoms with van der Waals surface area (Å²) in [5, 5.41) is 34.7. The molecule has 0 saturated heterocycles. The van der Waals surface area contributed by atoms with E-state index in [4.69, 9.17) is 4.74 Å². The molecule has 1 aromatic carbocycles. The van der Waals surface area contributed by atoms with Crippen LogP contribution in [0.5, 0.6) is 0 Å². The SMILES string of the molecule is CC[C@@]1(O)C(=O)OCc2c1c([N+](=O)[O-])c1n(c2=O)C(O)c2cc3ccccc3nc2-1. The Hall–Kier alpha value is -3.63. The molecule has 4 heterocycles. The Morgan fingerprint density at radius 2 is 2.10 bits per heavy atom. The van der Waals surface area contributed by atoms with E-state index in [1.807, 2.05) is 0 Å². The summed E-state index contributed by atoms with van der Waals surface area (Å²) >= 11 is 0. The fraction of sp³-hybridized carbons (Fsp3) is 0.250. The number of hydrogen-bond acceptors (Lipinski definition) is 8. The second-order valence-corrected chi connectivity index (χ2v) is 7.27. The summed E-state index contributed by atoms with van der Waals surface area (Å²) in [6.07, 6.45) is -1.74. The van der Waals surface area contributed by atoms with Gasteiger partial charge in [-0.2, -0.15) is 0 Å². The van der Waals surface area contributed by atoms with E-state index in [1.54, 1.807) is 30.3 Å². The maximum absolute atomic E-state index is 13.2. The van der Waals surface area contributed by atoms with Gasteiger partial charge in [0.05, 0.1) is 21.6 Å². The van der Waals surface area contributed by atoms with E-state index in [0.717, 1.165) is 4.57 Å². The van der Waals surface area contributed by atoms with Gasteiger partial charge < -0.3 is 14.9 Å². The van der Waals surface area contributed by atoms with E-state index < -0.39 is 46.1 Å². The normalized spacial score (nSPS) is 21.7. The standard InChI is InChI=1S/C20H15N3O7/c1-2-20(27)13-11(8-30-19(20)26)18(25)22-16(15(13)23(28)29)14-10(17(22)24)7-9-5-3-4-6-12(9)21-14/h3-7,17,24,27H,2,8H2,1H3/t17?,20-/m0/s1. The van der Waals surface area contributed by atoms with Gasteiger partial charge in [-0.05, 0) is 18.6 Å². The molecule has 0 saturated carbocycles. The van der Waals surface area contributed by atoms with Crippen molar-refractivity contribution in [3.05, 3.63) is 67.5 Å². The van der Waals surface area contributed by atoms with Crippen LogP contribution in [0.4, 0.5) is 5.69 Å². The topological polar surface area (TPSA) is 145 Å². The lowest BCUT2D eigenvalue weighted by atomic mass is 9.84. The Kier molecular flexibility index (Phi) is 3.64. The van der Waals surface area contributed by atoms with E-state index in [1.165, 1.54) is 6.92 Å². The van der Waals surface area contributed by atoms with Crippen LogP contribution in [0.25, 0.3) is 22.3 Å². The summed E-state index contributed by atoms with van der Waals surface area (Å²) in [4.78, 5) is 41.4. The maximum atomic E-state index is 13.2. The van der Waals surface area contributed by atoms with E-state index in [0.29, 0.717) is 10.9 Å². The number of aliphatic hydroxyl groups is 2. The molecule has 2 aliphatic heterocycles. The van der Waals surface area contributed by atoms with Gasteiger partial charge in [0.2, 0.25) is 0 Å². The molecule has 1 unspecified atom stereocenters. The van der Waals surface area contributed by atoms with Crippen molar-refractivity contribution in [3.8, 4) is 11.4 Å². The third-order valence-electron chi connectivity index (χ3n) is 5.77. The Bertz CT molecular complexity index is 1350. The molecule has 0 spiro atoms. The van der Waals surface area contributed by atoms with E-state index >= 15 is 0 Å². The summed E-state index contributed by atoms with van der Waals surface area (Å²) in [6.45, 7) is 0.925. The third-order valence-corrected chi connectivity index (χ3v) is 5.77. The highest BCUT2D eigenvalue weighted by Crippen LogP contribution is 2.48. The Balaban J connectivity index is 1.97. The zero-order chi connectivity index (χ0) is 21.4. The number of carbonyl (C=O) groups excluding carboxylic acids is 1. The van der Waals surface area contributed by atoms with Crippen LogP contribution in [0.15, 0.2) is 35.1 Å². The van der Waals surface area contributed by atoms with Crippen molar-refractivity contribution in [3.63, 3.8) is 0 Å². The van der Waals surface area contributed by atoms with Gasteiger partial charge in [0.15, 0.2) is 17.5 Å². The number of para-hydroxylation sites is 1. The fourth-order valence-corrected chi connectivity index (χ4v) is 4.28. The van der Waals surface area contributed by atoms with Crippen molar-refractivity contribution in [2.75, 3.05) is 0 Å². The number of nitro groups is 1. The Morgan fingerprint density at radius 3 is 2.80 bits per heavy atom. The number of ether oxygens (including phenoxy) is 1. The van der Waals surface area contributed by atoms with Crippen LogP contribution in [0.2, 0.25) is 0 Å². The average molecular weight is 409 g/mol. The molecule has 30 heavy (non-hydrogen) atoms. The number of aliphatic hydroxyl groups excluding tert-OH is 1. The van der Waals surface area contributed by atoms with Crippen LogP contribution in [0.3, 0.4) is 0 Å². The van der Waals surface area contributed by atoms with E-state index in [9.17, 15) is 29.9 Å². The van der Waals surface area contributed by atoms with Crippen LogP contribution in [0, 0.1) is 10.1 Å². The number of pyridine rings is 2. The first-order chi connectivity index (χ1) is 14.3. The molecule has 2 atom stereocenters. The molecule has 2 aromatic heterocycles. The largest absolute Gasteiger partial charge is 0.458 e. The molecule has 2 aliphatic rings. The molecule has 3 aromatic rings. The number of rotatable bonds is 2. The predicted octanol–water partition coefficient (Wildman–Crippen LogP) is 1.48. The van der Waals surface area contributed by atoms with E-state index in [-0.39, 0.29) is 28.9 Å². The van der Waals surface area contributed by atoms with Crippen molar-refractivity contribution in [1.29, 1.82) is 0 Å². The molecule has 10 heteroatoms. The maximum Gasteiger partial charge on any atom is 0.343 e. The zero-order valence-electron chi connectivity index (χ0n) is 15.7. The Morgan fingerprint density at radius 1 is 1.37 bits per heavy atom. The molecular formula is C20H15N3O7. The molecular weight excluding hydrogens is 394 g/mol. The highest BCUT2D eigenvalue weighted by atomic mass is 16.6. The molecule has 5 rings (SSSR count). The molecule has 0 aliphatic carbocycles. The fourth-order valence-electron chi connectivity index (χ4n) is 4.28. The number of nitrogens with zero attached hydrogens (tertiary/aromatic N) is 3. The highest BCUT2D eigenvalue weighted by Gasteiger charge is 2.52. The van der Waals surface area contributed by atoms with Crippen molar-refractivity contribution in [1.82, 2.24) is 9.55 Å². The van der Waals surface area contributed by atoms with Crippen LogP contribution < -0.4 is 5.56 Å². The number of carbonyl (C=O) groups is 1. The summed E-state index contributed by atoms with van der Waals surface area (Å²) in [5.41, 5.74) is -3.82. The highest BCUT2D eigenvalue weighted by molar-refractivity contribution is 5.90. The molecule has 0 bridgehead atoms. The molecule has 0 fully saturated rings. The lowest BCUT2D eigenvalue weighted by Gasteiger charge is -2.31. The molecule has 2 N–H and O–H groups in total. The summed E-state index contributed by atoms with van der Waals surface area (Å²) in [7, 11) is 0. The summed E-state index contributed by atoms with van der Waals surface area (Å²) in [6, 6.07) is 8.61. The van der Waals surface area contributed by atoms with Gasteiger partial charge in [-0.1, -0.05) is 25.1 Å². The third kappa shape index (κ3) is 2.11. The zero-order valence-corrected chi connectivity index (χ0v) is 15.7. The van der Waals surface area contributed by atoms with Crippen LogP contribution >= 0.6 is 0 Å². The Labute approximate surface area is 168 Å². The number of cyclic esters (lactones) is 1. The predicted molar refractivity (Wildman–Crippen MR) is 102 cm³/mol. The number of aromatic nitrogens is 2. The quantitative estimate of drug-likeness (QED) is 0.368. The summed E-state index contributed by atoms with van der Waals surface area (Å²) in [5.74, 6) is -1.06. The van der Waals surface area contributed by atoms with Crippen LogP contribution in [-0.2, 0) is 21.7 Å². The van der Waals surface area contributed by atoms with Crippen molar-refractivity contribution >= 4 is 22.6 Å². The molecule has 0 amide bonds. The van der Waals surface area contributed by atoms with Gasteiger partial charge in [-0.15, -0.1) is 0 Å². The lowest BCUT2D eigenvalue weighted by molar-refractivity contribution is -0.386. The molecule has 0 radical (unpaired) electrons. The minimum atomic E-state index is -2.35. The smallest absolute Gasteiger partial charge is 0.343 e. The van der Waals surface area contributed by atoms with E-state index in [2.05, 4.69) is 4.98 Å². The van der Waals surface area contributed by atoms with Crippen molar-refractivity contribution in [2.45, 2.75) is 31.8 Å².